The van der Waals surface area contributed by atoms with Crippen LogP contribution < -0.4 is 14.8 Å². The fraction of sp³-hybridized carbons (Fsp3) is 0.231. The van der Waals surface area contributed by atoms with E-state index in [2.05, 4.69) is 5.32 Å². The Morgan fingerprint density at radius 2 is 1.72 bits per heavy atom. The summed E-state index contributed by atoms with van der Waals surface area (Å²) in [5, 5.41) is 2.95. The molecule has 1 aliphatic rings. The molecule has 4 rings (SSSR count). The average molecular weight is 431 g/mol. The molecule has 0 aliphatic carbocycles. The number of nitrogens with one attached hydrogen (secondary N) is 1. The Balaban J connectivity index is 1.65. The number of methoxy groups -OCH3 is 2. The Hall–Kier alpha value is -3.80. The number of carbonyl (C=O) groups excluding carboxylic acids is 2. The molecule has 3 aromatic carbocycles. The third-order valence-electron chi connectivity index (χ3n) is 5.73. The summed E-state index contributed by atoms with van der Waals surface area (Å²) in [4.78, 5) is 27.9. The molecule has 6 heteroatoms. The normalized spacial score (nSPS) is 13.5. The highest BCUT2D eigenvalue weighted by atomic mass is 16.5. The molecule has 1 aliphatic heterocycles. The van der Waals surface area contributed by atoms with Gasteiger partial charge in [0.05, 0.1) is 26.7 Å². The average Bonchev–Trinajstić information content (AvgIpc) is 3.15. The van der Waals surface area contributed by atoms with Crippen LogP contribution in [0.4, 0.5) is 5.69 Å². The molecule has 0 radical (unpaired) electrons. The van der Waals surface area contributed by atoms with E-state index in [1.54, 1.807) is 25.2 Å². The minimum atomic E-state index is -0.458. The zero-order valence-corrected chi connectivity index (χ0v) is 18.4. The van der Waals surface area contributed by atoms with Gasteiger partial charge in [-0.05, 0) is 48.4 Å². The summed E-state index contributed by atoms with van der Waals surface area (Å²) < 4.78 is 10.8. The second kappa shape index (κ2) is 9.14. The molecule has 0 fully saturated rings. The van der Waals surface area contributed by atoms with Gasteiger partial charge in [-0.2, -0.15) is 0 Å². The Labute approximate surface area is 187 Å². The van der Waals surface area contributed by atoms with Gasteiger partial charge in [-0.1, -0.05) is 42.0 Å². The smallest absolute Gasteiger partial charge is 0.255 e. The van der Waals surface area contributed by atoms with Crippen LogP contribution in [0.25, 0.3) is 0 Å². The maximum Gasteiger partial charge on any atom is 0.255 e. The van der Waals surface area contributed by atoms with E-state index in [0.29, 0.717) is 23.6 Å². The Morgan fingerprint density at radius 1 is 1.00 bits per heavy atom. The molecule has 3 aromatic rings. The number of nitrogens with zero attached hydrogens (tertiary/aromatic N) is 1. The SMILES string of the molecule is COc1ccc([C@@H](CC(=O)Nc2ccc(C)cc2)N2Cc3ccccc3C2=O)cc1OC. The van der Waals surface area contributed by atoms with Gasteiger partial charge in [0.2, 0.25) is 5.91 Å². The van der Waals surface area contributed by atoms with Crippen molar-refractivity contribution in [2.45, 2.75) is 25.9 Å². The van der Waals surface area contributed by atoms with Crippen LogP contribution in [0.3, 0.4) is 0 Å². The third kappa shape index (κ3) is 4.30. The predicted molar refractivity (Wildman–Crippen MR) is 123 cm³/mol. The van der Waals surface area contributed by atoms with Crippen LogP contribution in [0.15, 0.2) is 66.7 Å². The summed E-state index contributed by atoms with van der Waals surface area (Å²) in [5.41, 5.74) is 4.29. The number of hydrogen-bond donors (Lipinski definition) is 1. The maximum absolute atomic E-state index is 13.2. The lowest BCUT2D eigenvalue weighted by Crippen LogP contribution is -2.32. The van der Waals surface area contributed by atoms with Crippen LogP contribution >= 0.6 is 0 Å². The van der Waals surface area contributed by atoms with Gasteiger partial charge in [0, 0.05) is 17.8 Å². The molecular weight excluding hydrogens is 404 g/mol. The third-order valence-corrected chi connectivity index (χ3v) is 5.73. The lowest BCUT2D eigenvalue weighted by molar-refractivity contribution is -0.117. The number of benzene rings is 3. The summed E-state index contributed by atoms with van der Waals surface area (Å²) >= 11 is 0. The largest absolute Gasteiger partial charge is 0.493 e. The second-order valence-corrected chi connectivity index (χ2v) is 7.84. The second-order valence-electron chi connectivity index (χ2n) is 7.84. The first-order valence-electron chi connectivity index (χ1n) is 10.5. The Morgan fingerprint density at radius 3 is 2.41 bits per heavy atom. The number of amides is 2. The predicted octanol–water partition coefficient (Wildman–Crippen LogP) is 4.74. The van der Waals surface area contributed by atoms with Crippen LogP contribution in [0, 0.1) is 6.92 Å². The molecule has 0 aromatic heterocycles. The van der Waals surface area contributed by atoms with Crippen molar-refractivity contribution >= 4 is 17.5 Å². The molecule has 0 saturated heterocycles. The van der Waals surface area contributed by atoms with Crippen molar-refractivity contribution in [3.63, 3.8) is 0 Å². The van der Waals surface area contributed by atoms with Crippen molar-refractivity contribution in [1.29, 1.82) is 0 Å². The first-order chi connectivity index (χ1) is 15.5. The topological polar surface area (TPSA) is 67.9 Å². The van der Waals surface area contributed by atoms with E-state index in [0.717, 1.165) is 22.4 Å². The van der Waals surface area contributed by atoms with Crippen LogP contribution in [-0.2, 0) is 11.3 Å². The molecule has 0 unspecified atom stereocenters. The Bertz CT molecular complexity index is 1140. The Kier molecular flexibility index (Phi) is 6.12. The van der Waals surface area contributed by atoms with E-state index >= 15 is 0 Å². The quantitative estimate of drug-likeness (QED) is 0.588. The molecule has 0 bridgehead atoms. The number of aryl methyl sites for hydroxylation is 1. The number of ether oxygens (including phenoxy) is 2. The van der Waals surface area contributed by atoms with Crippen molar-refractivity contribution in [1.82, 2.24) is 4.90 Å². The number of rotatable bonds is 7. The summed E-state index contributed by atoms with van der Waals surface area (Å²) in [6.45, 7) is 2.45. The minimum Gasteiger partial charge on any atom is -0.493 e. The van der Waals surface area contributed by atoms with Crippen molar-refractivity contribution < 1.29 is 19.1 Å². The van der Waals surface area contributed by atoms with Crippen LogP contribution in [0.1, 0.15) is 39.5 Å². The van der Waals surface area contributed by atoms with Crippen molar-refractivity contribution in [3.8, 4) is 11.5 Å². The number of hydrogen-bond acceptors (Lipinski definition) is 4. The van der Waals surface area contributed by atoms with Crippen molar-refractivity contribution in [2.24, 2.45) is 0 Å². The molecule has 0 saturated carbocycles. The number of fused-ring (bicyclic) bond motifs is 1. The fourth-order valence-electron chi connectivity index (χ4n) is 4.02. The number of carbonyl (C=O) groups is 2. The van der Waals surface area contributed by atoms with E-state index in [1.165, 1.54) is 0 Å². The molecule has 32 heavy (non-hydrogen) atoms. The molecule has 6 nitrogen and oxygen atoms in total. The lowest BCUT2D eigenvalue weighted by Gasteiger charge is -2.28. The summed E-state index contributed by atoms with van der Waals surface area (Å²) in [6.07, 6.45) is 0.114. The molecule has 2 amide bonds. The van der Waals surface area contributed by atoms with Gasteiger partial charge < -0.3 is 19.7 Å². The highest BCUT2D eigenvalue weighted by molar-refractivity contribution is 5.99. The zero-order chi connectivity index (χ0) is 22.7. The highest BCUT2D eigenvalue weighted by Crippen LogP contribution is 2.37. The van der Waals surface area contributed by atoms with Gasteiger partial charge in [0.25, 0.3) is 5.91 Å². The van der Waals surface area contributed by atoms with Crippen molar-refractivity contribution in [3.05, 3.63) is 89.0 Å². The van der Waals surface area contributed by atoms with Gasteiger partial charge in [-0.25, -0.2) is 0 Å². The molecule has 1 heterocycles. The summed E-state index contributed by atoms with van der Waals surface area (Å²) in [7, 11) is 3.14. The number of anilines is 1. The van der Waals surface area contributed by atoms with E-state index in [4.69, 9.17) is 9.47 Å². The van der Waals surface area contributed by atoms with E-state index in [1.807, 2.05) is 67.6 Å². The molecule has 164 valence electrons. The standard InChI is InChI=1S/C26H26N2O4/c1-17-8-11-20(12-9-17)27-25(29)15-22(18-10-13-23(31-2)24(14-18)32-3)28-16-19-6-4-5-7-21(19)26(28)30/h4-14,22H,15-16H2,1-3H3,(H,27,29)/t22-/m1/s1. The molecule has 0 spiro atoms. The molecule has 1 N–H and O–H groups in total. The highest BCUT2D eigenvalue weighted by Gasteiger charge is 2.34. The monoisotopic (exact) mass is 430 g/mol. The van der Waals surface area contributed by atoms with Crippen LogP contribution in [0.2, 0.25) is 0 Å². The van der Waals surface area contributed by atoms with Gasteiger partial charge in [-0.3, -0.25) is 9.59 Å². The minimum absolute atomic E-state index is 0.0801. The van der Waals surface area contributed by atoms with E-state index in [-0.39, 0.29) is 18.2 Å². The fourth-order valence-corrected chi connectivity index (χ4v) is 4.02. The van der Waals surface area contributed by atoms with E-state index in [9.17, 15) is 9.59 Å². The lowest BCUT2D eigenvalue weighted by atomic mass is 10.0. The summed E-state index contributed by atoms with van der Waals surface area (Å²) in [6, 6.07) is 20.2. The van der Waals surface area contributed by atoms with Crippen molar-refractivity contribution in [2.75, 3.05) is 19.5 Å². The maximum atomic E-state index is 13.2. The zero-order valence-electron chi connectivity index (χ0n) is 18.4. The van der Waals surface area contributed by atoms with Gasteiger partial charge in [0.1, 0.15) is 0 Å². The molecule has 1 atom stereocenters. The van der Waals surface area contributed by atoms with Gasteiger partial charge in [-0.15, -0.1) is 0 Å². The van der Waals surface area contributed by atoms with Crippen LogP contribution in [0.5, 0.6) is 11.5 Å². The first kappa shape index (κ1) is 21.4. The summed E-state index contributed by atoms with van der Waals surface area (Å²) in [5.74, 6) is 0.897. The first-order valence-corrected chi connectivity index (χ1v) is 10.5. The van der Waals surface area contributed by atoms with Gasteiger partial charge >= 0.3 is 0 Å². The van der Waals surface area contributed by atoms with E-state index < -0.39 is 6.04 Å². The van der Waals surface area contributed by atoms with Gasteiger partial charge in [0.15, 0.2) is 11.5 Å². The van der Waals surface area contributed by atoms with Crippen LogP contribution in [-0.4, -0.2) is 30.9 Å². The molecular formula is C26H26N2O4.